The van der Waals surface area contributed by atoms with E-state index in [4.69, 9.17) is 0 Å². The Balaban J connectivity index is 2.13. The van der Waals surface area contributed by atoms with E-state index in [-0.39, 0.29) is 22.9 Å². The average Bonchev–Trinajstić information content (AvgIpc) is 2.88. The summed E-state index contributed by atoms with van der Waals surface area (Å²) in [4.78, 5) is 13.6. The summed E-state index contributed by atoms with van der Waals surface area (Å²) in [5.74, 6) is 0.0514. The number of fused-ring (bicyclic) bond motifs is 1. The number of rotatable bonds is 2. The molecule has 0 bridgehead atoms. The van der Waals surface area contributed by atoms with Crippen LogP contribution in [-0.2, 0) is 6.18 Å². The van der Waals surface area contributed by atoms with Gasteiger partial charge in [0.1, 0.15) is 0 Å². The van der Waals surface area contributed by atoms with Gasteiger partial charge in [-0.1, -0.05) is 0 Å². The van der Waals surface area contributed by atoms with E-state index in [1.807, 2.05) is 0 Å². The molecule has 0 saturated carbocycles. The van der Waals surface area contributed by atoms with Crippen LogP contribution in [0.1, 0.15) is 11.3 Å². The van der Waals surface area contributed by atoms with Crippen molar-refractivity contribution in [2.24, 2.45) is 0 Å². The molecule has 7 nitrogen and oxygen atoms in total. The Morgan fingerprint density at radius 2 is 1.83 bits per heavy atom. The standard InChI is InChI=1S/C13H8F3N5O2/c1-7-6-20-11(8-2-4-9(5-3-8)21(22)23)18-19-12(20)17-10(7)13(14,15)16/h2-6H,1H3. The molecule has 0 N–H and O–H groups in total. The minimum Gasteiger partial charge on any atom is -0.266 e. The zero-order chi connectivity index (χ0) is 16.8. The fourth-order valence-corrected chi connectivity index (χ4v) is 2.14. The second kappa shape index (κ2) is 5.00. The maximum Gasteiger partial charge on any atom is 0.433 e. The van der Waals surface area contributed by atoms with E-state index in [2.05, 4.69) is 15.2 Å². The number of halogens is 3. The molecule has 0 amide bonds. The first-order chi connectivity index (χ1) is 10.8. The molecule has 10 heteroatoms. The molecule has 2 heterocycles. The molecule has 0 fully saturated rings. The van der Waals surface area contributed by atoms with Crippen molar-refractivity contribution in [2.45, 2.75) is 13.1 Å². The molecule has 0 spiro atoms. The van der Waals surface area contributed by atoms with Gasteiger partial charge in [0, 0.05) is 23.9 Å². The molecule has 0 atom stereocenters. The average molecular weight is 323 g/mol. The van der Waals surface area contributed by atoms with Crippen molar-refractivity contribution in [3.63, 3.8) is 0 Å². The maximum atomic E-state index is 12.8. The minimum atomic E-state index is -4.58. The molecule has 0 aliphatic heterocycles. The van der Waals surface area contributed by atoms with E-state index in [9.17, 15) is 23.3 Å². The van der Waals surface area contributed by atoms with Gasteiger partial charge in [0.25, 0.3) is 11.5 Å². The largest absolute Gasteiger partial charge is 0.433 e. The summed E-state index contributed by atoms with van der Waals surface area (Å²) in [6.07, 6.45) is -3.34. The summed E-state index contributed by atoms with van der Waals surface area (Å²) in [6, 6.07) is 5.45. The molecule has 2 aromatic heterocycles. The summed E-state index contributed by atoms with van der Waals surface area (Å²) in [6.45, 7) is 1.29. The lowest BCUT2D eigenvalue weighted by Crippen LogP contribution is -2.12. The van der Waals surface area contributed by atoms with Crippen LogP contribution in [-0.4, -0.2) is 24.5 Å². The number of aromatic nitrogens is 4. The van der Waals surface area contributed by atoms with Crippen molar-refractivity contribution in [2.75, 3.05) is 0 Å². The van der Waals surface area contributed by atoms with E-state index < -0.39 is 16.8 Å². The third-order valence-electron chi connectivity index (χ3n) is 3.19. The third-order valence-corrected chi connectivity index (χ3v) is 3.19. The van der Waals surface area contributed by atoms with E-state index in [1.165, 1.54) is 41.8 Å². The van der Waals surface area contributed by atoms with Crippen LogP contribution in [0.5, 0.6) is 0 Å². The van der Waals surface area contributed by atoms with Gasteiger partial charge in [-0.3, -0.25) is 14.5 Å². The number of nitro benzene ring substituents is 1. The predicted octanol–water partition coefficient (Wildman–Crippen LogP) is 3.03. The second-order valence-electron chi connectivity index (χ2n) is 4.77. The molecule has 0 radical (unpaired) electrons. The van der Waals surface area contributed by atoms with E-state index >= 15 is 0 Å². The zero-order valence-electron chi connectivity index (χ0n) is 11.6. The molecule has 118 valence electrons. The highest BCUT2D eigenvalue weighted by atomic mass is 19.4. The molecular weight excluding hydrogens is 315 g/mol. The molecule has 0 aliphatic carbocycles. The van der Waals surface area contributed by atoms with Gasteiger partial charge in [-0.2, -0.15) is 13.2 Å². The Morgan fingerprint density at radius 3 is 2.39 bits per heavy atom. The number of aryl methyl sites for hydroxylation is 1. The van der Waals surface area contributed by atoms with Crippen molar-refractivity contribution in [1.82, 2.24) is 19.6 Å². The smallest absolute Gasteiger partial charge is 0.266 e. The van der Waals surface area contributed by atoms with Crippen molar-refractivity contribution in [3.8, 4) is 11.4 Å². The van der Waals surface area contributed by atoms with Crippen molar-refractivity contribution in [3.05, 3.63) is 51.8 Å². The first kappa shape index (κ1) is 14.9. The quantitative estimate of drug-likeness (QED) is 0.534. The number of benzene rings is 1. The normalized spacial score (nSPS) is 11.8. The topological polar surface area (TPSA) is 86.2 Å². The van der Waals surface area contributed by atoms with Gasteiger partial charge >= 0.3 is 6.18 Å². The highest BCUT2D eigenvalue weighted by Gasteiger charge is 2.35. The number of hydrogen-bond acceptors (Lipinski definition) is 5. The van der Waals surface area contributed by atoms with Crippen molar-refractivity contribution < 1.29 is 18.1 Å². The van der Waals surface area contributed by atoms with Gasteiger partial charge in [0.2, 0.25) is 0 Å². The summed E-state index contributed by atoms with van der Waals surface area (Å²) in [5.41, 5.74) is -0.721. The SMILES string of the molecule is Cc1cn2c(-c3ccc([N+](=O)[O-])cc3)nnc2nc1C(F)(F)F. The van der Waals surface area contributed by atoms with E-state index in [0.717, 1.165) is 0 Å². The highest BCUT2D eigenvalue weighted by molar-refractivity contribution is 5.60. The Hall–Kier alpha value is -3.04. The van der Waals surface area contributed by atoms with Crippen molar-refractivity contribution in [1.29, 1.82) is 0 Å². The zero-order valence-corrected chi connectivity index (χ0v) is 11.6. The van der Waals surface area contributed by atoms with Gasteiger partial charge < -0.3 is 0 Å². The fourth-order valence-electron chi connectivity index (χ4n) is 2.14. The van der Waals surface area contributed by atoms with Crippen LogP contribution < -0.4 is 0 Å². The number of hydrogen-bond donors (Lipinski definition) is 0. The lowest BCUT2D eigenvalue weighted by Gasteiger charge is -2.09. The van der Waals surface area contributed by atoms with Crippen LogP contribution in [0.3, 0.4) is 0 Å². The summed E-state index contributed by atoms with van der Waals surface area (Å²) >= 11 is 0. The van der Waals surface area contributed by atoms with Crippen LogP contribution in [0.4, 0.5) is 18.9 Å². The summed E-state index contributed by atoms with van der Waals surface area (Å²) < 4.78 is 39.8. The molecule has 23 heavy (non-hydrogen) atoms. The summed E-state index contributed by atoms with van der Waals surface area (Å²) in [7, 11) is 0. The monoisotopic (exact) mass is 323 g/mol. The minimum absolute atomic E-state index is 0.0760. The lowest BCUT2D eigenvalue weighted by molar-refractivity contribution is -0.384. The Kier molecular flexibility index (Phi) is 3.24. The summed E-state index contributed by atoms with van der Waals surface area (Å²) in [5, 5.41) is 18.1. The number of non-ortho nitro benzene ring substituents is 1. The second-order valence-corrected chi connectivity index (χ2v) is 4.77. The number of nitrogens with zero attached hydrogens (tertiary/aromatic N) is 5. The molecule has 0 unspecified atom stereocenters. The van der Waals surface area contributed by atoms with Crippen LogP contribution >= 0.6 is 0 Å². The van der Waals surface area contributed by atoms with E-state index in [0.29, 0.717) is 5.56 Å². The Labute approximate surface area is 126 Å². The number of alkyl halides is 3. The Morgan fingerprint density at radius 1 is 1.17 bits per heavy atom. The first-order valence-corrected chi connectivity index (χ1v) is 6.32. The third kappa shape index (κ3) is 2.58. The van der Waals surface area contributed by atoms with Gasteiger partial charge in [-0.05, 0) is 24.6 Å². The number of nitro groups is 1. The van der Waals surface area contributed by atoms with Crippen LogP contribution in [0.2, 0.25) is 0 Å². The van der Waals surface area contributed by atoms with Crippen LogP contribution in [0, 0.1) is 17.0 Å². The lowest BCUT2D eigenvalue weighted by atomic mass is 10.2. The van der Waals surface area contributed by atoms with Gasteiger partial charge in [-0.15, -0.1) is 10.2 Å². The molecule has 1 aromatic carbocycles. The maximum absolute atomic E-state index is 12.8. The van der Waals surface area contributed by atoms with Crippen molar-refractivity contribution >= 4 is 11.5 Å². The van der Waals surface area contributed by atoms with Crippen LogP contribution in [0.15, 0.2) is 30.5 Å². The molecule has 0 saturated heterocycles. The van der Waals surface area contributed by atoms with Gasteiger partial charge in [0.05, 0.1) is 4.92 Å². The fraction of sp³-hybridized carbons (Fsp3) is 0.154. The molecular formula is C13H8F3N5O2. The van der Waals surface area contributed by atoms with Gasteiger partial charge in [-0.25, -0.2) is 4.98 Å². The molecule has 3 rings (SSSR count). The highest BCUT2D eigenvalue weighted by Crippen LogP contribution is 2.31. The van der Waals surface area contributed by atoms with Gasteiger partial charge in [0.15, 0.2) is 11.5 Å². The predicted molar refractivity (Wildman–Crippen MR) is 72.6 cm³/mol. The molecule has 3 aromatic rings. The first-order valence-electron chi connectivity index (χ1n) is 6.32. The molecule has 0 aliphatic rings. The van der Waals surface area contributed by atoms with Crippen LogP contribution in [0.25, 0.3) is 17.2 Å². The van der Waals surface area contributed by atoms with E-state index in [1.54, 1.807) is 0 Å². The Bertz CT molecular complexity index is 902.